The highest BCUT2D eigenvalue weighted by Crippen LogP contribution is 2.31. The fraction of sp³-hybridized carbons (Fsp3) is 0.273. The number of aliphatic hydroxyl groups excluding tert-OH is 1. The van der Waals surface area contributed by atoms with Gasteiger partial charge in [0.15, 0.2) is 0 Å². The summed E-state index contributed by atoms with van der Waals surface area (Å²) in [6.07, 6.45) is 1.72. The Morgan fingerprint density at radius 3 is 2.95 bits per heavy atom. The summed E-state index contributed by atoms with van der Waals surface area (Å²) in [7, 11) is 0. The SMILES string of the molecule is OCCn1cc(CNc2c(Cl)cc(F)cc2Br)nn1. The number of hydrogen-bond donors (Lipinski definition) is 2. The Hall–Kier alpha value is -1.18. The molecule has 1 aromatic heterocycles. The molecule has 1 aromatic carbocycles. The molecule has 0 spiro atoms. The summed E-state index contributed by atoms with van der Waals surface area (Å²) in [5, 5.41) is 19.9. The lowest BCUT2D eigenvalue weighted by Gasteiger charge is -2.09. The summed E-state index contributed by atoms with van der Waals surface area (Å²) in [6.45, 7) is 0.801. The van der Waals surface area contributed by atoms with Crippen LogP contribution in [0, 0.1) is 5.82 Å². The molecule has 0 amide bonds. The molecule has 0 bridgehead atoms. The quantitative estimate of drug-likeness (QED) is 0.870. The van der Waals surface area contributed by atoms with Crippen molar-refractivity contribution in [1.82, 2.24) is 15.0 Å². The largest absolute Gasteiger partial charge is 0.394 e. The zero-order valence-corrected chi connectivity index (χ0v) is 12.1. The number of rotatable bonds is 5. The maximum Gasteiger partial charge on any atom is 0.125 e. The van der Waals surface area contributed by atoms with Gasteiger partial charge in [0.2, 0.25) is 0 Å². The topological polar surface area (TPSA) is 63.0 Å². The number of aromatic nitrogens is 3. The van der Waals surface area contributed by atoms with E-state index in [9.17, 15) is 4.39 Å². The van der Waals surface area contributed by atoms with Crippen LogP contribution < -0.4 is 5.32 Å². The van der Waals surface area contributed by atoms with Crippen LogP contribution in [0.2, 0.25) is 5.02 Å². The normalized spacial score (nSPS) is 10.7. The van der Waals surface area contributed by atoms with E-state index in [1.807, 2.05) is 0 Å². The third-order valence-corrected chi connectivity index (χ3v) is 3.29. The molecule has 0 radical (unpaired) electrons. The van der Waals surface area contributed by atoms with Crippen LogP contribution in [0.1, 0.15) is 5.69 Å². The van der Waals surface area contributed by atoms with Gasteiger partial charge in [-0.1, -0.05) is 16.8 Å². The number of hydrogen-bond acceptors (Lipinski definition) is 4. The average molecular weight is 350 g/mol. The van der Waals surface area contributed by atoms with E-state index in [0.717, 1.165) is 0 Å². The molecule has 1 heterocycles. The van der Waals surface area contributed by atoms with Crippen LogP contribution in [0.15, 0.2) is 22.8 Å². The Labute approximate surface area is 122 Å². The van der Waals surface area contributed by atoms with Crippen LogP contribution in [0.25, 0.3) is 0 Å². The first-order valence-corrected chi connectivity index (χ1v) is 6.65. The second-order valence-corrected chi connectivity index (χ2v) is 5.06. The van der Waals surface area contributed by atoms with E-state index in [4.69, 9.17) is 16.7 Å². The van der Waals surface area contributed by atoms with Crippen LogP contribution in [-0.2, 0) is 13.1 Å². The molecular formula is C11H11BrClFN4O. The predicted octanol–water partition coefficient (Wildman–Crippen LogP) is 2.44. The van der Waals surface area contributed by atoms with E-state index in [1.54, 1.807) is 10.9 Å². The summed E-state index contributed by atoms with van der Waals surface area (Å²) < 4.78 is 15.2. The van der Waals surface area contributed by atoms with Crippen molar-refractivity contribution in [2.24, 2.45) is 0 Å². The third kappa shape index (κ3) is 3.65. The Bertz CT molecular complexity index is 555. The minimum Gasteiger partial charge on any atom is -0.394 e. The molecule has 8 heteroatoms. The molecule has 0 aliphatic heterocycles. The van der Waals surface area contributed by atoms with Gasteiger partial charge in [-0.25, -0.2) is 9.07 Å². The van der Waals surface area contributed by atoms with Crippen molar-refractivity contribution >= 4 is 33.2 Å². The molecule has 2 N–H and O–H groups in total. The van der Waals surface area contributed by atoms with Crippen molar-refractivity contribution in [2.45, 2.75) is 13.1 Å². The van der Waals surface area contributed by atoms with Gasteiger partial charge in [0.25, 0.3) is 0 Å². The van der Waals surface area contributed by atoms with Crippen molar-refractivity contribution in [1.29, 1.82) is 0 Å². The molecule has 0 unspecified atom stereocenters. The fourth-order valence-corrected chi connectivity index (χ4v) is 2.48. The standard InChI is InChI=1S/C11H11BrClFN4O/c12-9-3-7(14)4-10(13)11(9)15-5-8-6-18(1-2-19)17-16-8/h3-4,6,15,19H,1-2,5H2. The van der Waals surface area contributed by atoms with Gasteiger partial charge in [-0.15, -0.1) is 5.10 Å². The summed E-state index contributed by atoms with van der Waals surface area (Å²) in [5.41, 5.74) is 1.29. The first-order chi connectivity index (χ1) is 9.10. The van der Waals surface area contributed by atoms with Gasteiger partial charge < -0.3 is 10.4 Å². The van der Waals surface area contributed by atoms with Crippen molar-refractivity contribution < 1.29 is 9.50 Å². The van der Waals surface area contributed by atoms with E-state index in [2.05, 4.69) is 31.6 Å². The number of nitrogens with zero attached hydrogens (tertiary/aromatic N) is 3. The highest BCUT2D eigenvalue weighted by atomic mass is 79.9. The van der Waals surface area contributed by atoms with E-state index < -0.39 is 5.82 Å². The molecule has 0 atom stereocenters. The number of nitrogens with one attached hydrogen (secondary N) is 1. The Morgan fingerprint density at radius 2 is 2.26 bits per heavy atom. The molecule has 2 rings (SSSR count). The molecule has 0 aliphatic carbocycles. The first-order valence-electron chi connectivity index (χ1n) is 5.48. The lowest BCUT2D eigenvalue weighted by atomic mass is 10.3. The molecule has 0 saturated heterocycles. The monoisotopic (exact) mass is 348 g/mol. The first kappa shape index (κ1) is 14.2. The lowest BCUT2D eigenvalue weighted by molar-refractivity contribution is 0.268. The average Bonchev–Trinajstić information content (AvgIpc) is 2.76. The van der Waals surface area contributed by atoms with Crippen molar-refractivity contribution in [3.63, 3.8) is 0 Å². The second-order valence-electron chi connectivity index (χ2n) is 3.79. The molecule has 5 nitrogen and oxygen atoms in total. The maximum atomic E-state index is 13.1. The highest BCUT2D eigenvalue weighted by Gasteiger charge is 2.09. The van der Waals surface area contributed by atoms with Crippen molar-refractivity contribution in [2.75, 3.05) is 11.9 Å². The van der Waals surface area contributed by atoms with Crippen LogP contribution in [0.3, 0.4) is 0 Å². The maximum absolute atomic E-state index is 13.1. The third-order valence-electron chi connectivity index (χ3n) is 2.37. The summed E-state index contributed by atoms with van der Waals surface area (Å²) in [5.74, 6) is -0.406. The molecular weight excluding hydrogens is 339 g/mol. The minimum atomic E-state index is -0.406. The Kier molecular flexibility index (Phi) is 4.73. The van der Waals surface area contributed by atoms with Crippen LogP contribution in [0.5, 0.6) is 0 Å². The number of anilines is 1. The van der Waals surface area contributed by atoms with Gasteiger partial charge >= 0.3 is 0 Å². The van der Waals surface area contributed by atoms with Crippen LogP contribution >= 0.6 is 27.5 Å². The van der Waals surface area contributed by atoms with Crippen LogP contribution in [0.4, 0.5) is 10.1 Å². The summed E-state index contributed by atoms with van der Waals surface area (Å²) >= 11 is 9.19. The summed E-state index contributed by atoms with van der Waals surface area (Å²) in [6, 6.07) is 2.56. The van der Waals surface area contributed by atoms with E-state index in [1.165, 1.54) is 12.1 Å². The molecule has 0 fully saturated rings. The number of benzene rings is 1. The molecule has 0 aliphatic rings. The Balaban J connectivity index is 2.05. The van der Waals surface area contributed by atoms with Crippen molar-refractivity contribution in [3.05, 3.63) is 39.3 Å². The molecule has 102 valence electrons. The van der Waals surface area contributed by atoms with Gasteiger partial charge in [0, 0.05) is 4.47 Å². The minimum absolute atomic E-state index is 0.00552. The zero-order valence-electron chi connectivity index (χ0n) is 9.78. The van der Waals surface area contributed by atoms with Gasteiger partial charge in [-0.3, -0.25) is 0 Å². The van der Waals surface area contributed by atoms with Crippen LogP contribution in [-0.4, -0.2) is 26.7 Å². The number of aliphatic hydroxyl groups is 1. The zero-order chi connectivity index (χ0) is 13.8. The second kappa shape index (κ2) is 6.31. The van der Waals surface area contributed by atoms with E-state index >= 15 is 0 Å². The van der Waals surface area contributed by atoms with Gasteiger partial charge in [-0.2, -0.15) is 0 Å². The van der Waals surface area contributed by atoms with Gasteiger partial charge in [0.05, 0.1) is 36.6 Å². The highest BCUT2D eigenvalue weighted by molar-refractivity contribution is 9.10. The van der Waals surface area contributed by atoms with Gasteiger partial charge in [-0.05, 0) is 28.1 Å². The Morgan fingerprint density at radius 1 is 1.47 bits per heavy atom. The van der Waals surface area contributed by atoms with E-state index in [0.29, 0.717) is 28.9 Å². The molecule has 19 heavy (non-hydrogen) atoms. The summed E-state index contributed by atoms with van der Waals surface area (Å²) in [4.78, 5) is 0. The van der Waals surface area contributed by atoms with E-state index in [-0.39, 0.29) is 11.6 Å². The molecule has 2 aromatic rings. The fourth-order valence-electron chi connectivity index (χ4n) is 1.52. The smallest absolute Gasteiger partial charge is 0.125 e. The predicted molar refractivity (Wildman–Crippen MR) is 73.5 cm³/mol. The lowest BCUT2D eigenvalue weighted by Crippen LogP contribution is -2.02. The number of halogens is 3. The van der Waals surface area contributed by atoms with Crippen molar-refractivity contribution in [3.8, 4) is 0 Å². The van der Waals surface area contributed by atoms with Gasteiger partial charge in [0.1, 0.15) is 11.5 Å². The molecule has 0 saturated carbocycles.